The van der Waals surface area contributed by atoms with Crippen LogP contribution < -0.4 is 14.8 Å². The van der Waals surface area contributed by atoms with Gasteiger partial charge in [0.2, 0.25) is 0 Å². The first kappa shape index (κ1) is 23.8. The Hall–Kier alpha value is -1.22. The lowest BCUT2D eigenvalue weighted by Crippen LogP contribution is -2.39. The number of nitrogens with one attached hydrogen (secondary N) is 1. The van der Waals surface area contributed by atoms with Crippen LogP contribution in [0.2, 0.25) is 0 Å². The fourth-order valence-electron chi connectivity index (χ4n) is 3.11. The Labute approximate surface area is 181 Å². The summed E-state index contributed by atoms with van der Waals surface area (Å²) in [6.45, 7) is 8.85. The number of halogens is 1. The van der Waals surface area contributed by atoms with Gasteiger partial charge in [-0.1, -0.05) is 6.92 Å². The van der Waals surface area contributed by atoms with Crippen molar-refractivity contribution in [3.05, 3.63) is 23.8 Å². The number of rotatable bonds is 10. The van der Waals surface area contributed by atoms with E-state index in [1.54, 1.807) is 14.2 Å². The van der Waals surface area contributed by atoms with E-state index in [2.05, 4.69) is 36.0 Å². The quantitative estimate of drug-likeness (QED) is 0.310. The fourth-order valence-corrected chi connectivity index (χ4v) is 3.11. The Balaban J connectivity index is 0.00000364. The van der Waals surface area contributed by atoms with Gasteiger partial charge in [-0.25, -0.2) is 0 Å². The van der Waals surface area contributed by atoms with Crippen molar-refractivity contribution in [3.63, 3.8) is 0 Å². The molecule has 1 saturated carbocycles. The van der Waals surface area contributed by atoms with Crippen molar-refractivity contribution in [3.8, 4) is 11.5 Å². The molecule has 0 unspecified atom stereocenters. The van der Waals surface area contributed by atoms with Crippen LogP contribution in [0.3, 0.4) is 0 Å². The first-order valence-electron chi connectivity index (χ1n) is 9.57. The number of ether oxygens (including phenoxy) is 2. The minimum atomic E-state index is 0. The summed E-state index contributed by atoms with van der Waals surface area (Å²) in [5.41, 5.74) is 1.11. The maximum absolute atomic E-state index is 5.52. The molecule has 1 fully saturated rings. The minimum Gasteiger partial charge on any atom is -0.497 e. The van der Waals surface area contributed by atoms with E-state index in [-0.39, 0.29) is 24.0 Å². The molecule has 27 heavy (non-hydrogen) atoms. The van der Waals surface area contributed by atoms with Crippen LogP contribution in [0, 0.1) is 0 Å². The molecule has 154 valence electrons. The van der Waals surface area contributed by atoms with Crippen LogP contribution in [0.1, 0.15) is 32.3 Å². The van der Waals surface area contributed by atoms with E-state index in [9.17, 15) is 0 Å². The summed E-state index contributed by atoms with van der Waals surface area (Å²) in [4.78, 5) is 9.49. The number of hydrogen-bond donors (Lipinski definition) is 1. The third-order valence-corrected chi connectivity index (χ3v) is 4.72. The summed E-state index contributed by atoms with van der Waals surface area (Å²) in [7, 11) is 5.41. The lowest BCUT2D eigenvalue weighted by molar-refractivity contribution is 0.285. The van der Waals surface area contributed by atoms with Gasteiger partial charge >= 0.3 is 0 Å². The van der Waals surface area contributed by atoms with Crippen LogP contribution in [-0.2, 0) is 6.54 Å². The van der Waals surface area contributed by atoms with Crippen LogP contribution in [0.4, 0.5) is 0 Å². The summed E-state index contributed by atoms with van der Waals surface area (Å²) in [5.74, 6) is 2.56. The summed E-state index contributed by atoms with van der Waals surface area (Å²) in [6, 6.07) is 6.72. The molecule has 1 aliphatic carbocycles. The number of methoxy groups -OCH3 is 2. The normalized spacial score (nSPS) is 13.9. The van der Waals surface area contributed by atoms with Gasteiger partial charge in [0, 0.05) is 44.4 Å². The second-order valence-corrected chi connectivity index (χ2v) is 6.63. The molecule has 0 heterocycles. The lowest BCUT2D eigenvalue weighted by Gasteiger charge is -2.24. The Bertz CT molecular complexity index is 593. The lowest BCUT2D eigenvalue weighted by atomic mass is 10.2. The number of guanidine groups is 1. The van der Waals surface area contributed by atoms with E-state index in [1.807, 2.05) is 18.2 Å². The first-order valence-corrected chi connectivity index (χ1v) is 9.57. The third-order valence-electron chi connectivity index (χ3n) is 4.72. The number of benzene rings is 1. The van der Waals surface area contributed by atoms with Gasteiger partial charge in [0.25, 0.3) is 0 Å². The van der Waals surface area contributed by atoms with E-state index in [0.29, 0.717) is 0 Å². The van der Waals surface area contributed by atoms with E-state index >= 15 is 0 Å². The first-order chi connectivity index (χ1) is 12.6. The highest BCUT2D eigenvalue weighted by molar-refractivity contribution is 14.0. The molecular weight excluding hydrogens is 455 g/mol. The highest BCUT2D eigenvalue weighted by atomic mass is 127. The Kier molecular flexibility index (Phi) is 10.8. The van der Waals surface area contributed by atoms with Gasteiger partial charge in [-0.05, 0) is 38.4 Å². The van der Waals surface area contributed by atoms with Crippen molar-refractivity contribution in [2.75, 3.05) is 47.4 Å². The molecule has 1 aromatic carbocycles. The molecule has 1 N–H and O–H groups in total. The van der Waals surface area contributed by atoms with Crippen LogP contribution in [-0.4, -0.2) is 69.2 Å². The van der Waals surface area contributed by atoms with Crippen molar-refractivity contribution in [2.45, 2.75) is 39.3 Å². The molecule has 0 aromatic heterocycles. The predicted molar refractivity (Wildman–Crippen MR) is 123 cm³/mol. The van der Waals surface area contributed by atoms with Gasteiger partial charge in [0.1, 0.15) is 11.5 Å². The van der Waals surface area contributed by atoms with Crippen LogP contribution >= 0.6 is 24.0 Å². The van der Waals surface area contributed by atoms with E-state index in [4.69, 9.17) is 14.5 Å². The van der Waals surface area contributed by atoms with E-state index in [0.717, 1.165) is 61.8 Å². The standard InChI is InChI=1S/C20H34N4O2.HI/c1-6-21-20(22-12-13-24(7-2)17-9-10-17)23(3)15-16-8-11-18(25-4)14-19(16)26-5;/h8,11,14,17H,6-7,9-10,12-13,15H2,1-5H3,(H,21,22);1H. The van der Waals surface area contributed by atoms with Gasteiger partial charge in [0.05, 0.1) is 20.8 Å². The monoisotopic (exact) mass is 490 g/mol. The molecule has 2 rings (SSSR count). The molecule has 0 amide bonds. The van der Waals surface area contributed by atoms with Gasteiger partial charge in [0.15, 0.2) is 5.96 Å². The topological polar surface area (TPSA) is 49.3 Å². The second-order valence-electron chi connectivity index (χ2n) is 6.63. The summed E-state index contributed by atoms with van der Waals surface area (Å²) < 4.78 is 10.8. The van der Waals surface area contributed by atoms with Crippen molar-refractivity contribution < 1.29 is 9.47 Å². The molecule has 0 radical (unpaired) electrons. The summed E-state index contributed by atoms with van der Waals surface area (Å²) in [6.07, 6.45) is 2.68. The van der Waals surface area contributed by atoms with Crippen LogP contribution in [0.15, 0.2) is 23.2 Å². The van der Waals surface area contributed by atoms with Crippen molar-refractivity contribution >= 4 is 29.9 Å². The molecule has 0 spiro atoms. The number of aliphatic imine (C=N–C) groups is 1. The Morgan fingerprint density at radius 1 is 1.22 bits per heavy atom. The summed E-state index contributed by atoms with van der Waals surface area (Å²) in [5, 5.41) is 3.39. The molecule has 6 nitrogen and oxygen atoms in total. The second kappa shape index (κ2) is 12.3. The fraction of sp³-hybridized carbons (Fsp3) is 0.650. The zero-order valence-electron chi connectivity index (χ0n) is 17.3. The Morgan fingerprint density at radius 2 is 1.96 bits per heavy atom. The third kappa shape index (κ3) is 7.37. The molecule has 0 aliphatic heterocycles. The zero-order chi connectivity index (χ0) is 18.9. The number of hydrogen-bond acceptors (Lipinski definition) is 4. The average molecular weight is 490 g/mol. The van der Waals surface area contributed by atoms with Gasteiger partial charge in [-0.2, -0.15) is 0 Å². The smallest absolute Gasteiger partial charge is 0.194 e. The SMILES string of the molecule is CCNC(=NCCN(CC)C1CC1)N(C)Cc1ccc(OC)cc1OC.I. The maximum Gasteiger partial charge on any atom is 0.194 e. The highest BCUT2D eigenvalue weighted by Gasteiger charge is 2.27. The minimum absolute atomic E-state index is 0. The average Bonchev–Trinajstić information content (AvgIpc) is 3.49. The zero-order valence-corrected chi connectivity index (χ0v) is 19.7. The number of likely N-dealkylation sites (N-methyl/N-ethyl adjacent to an activating group) is 1. The van der Waals surface area contributed by atoms with Crippen LogP contribution in [0.25, 0.3) is 0 Å². The Morgan fingerprint density at radius 3 is 2.52 bits per heavy atom. The van der Waals surface area contributed by atoms with Crippen molar-refractivity contribution in [2.24, 2.45) is 4.99 Å². The molecule has 1 aliphatic rings. The van der Waals surface area contributed by atoms with Gasteiger partial charge in [-0.15, -0.1) is 24.0 Å². The highest BCUT2D eigenvalue weighted by Crippen LogP contribution is 2.26. The van der Waals surface area contributed by atoms with Crippen molar-refractivity contribution in [1.29, 1.82) is 0 Å². The largest absolute Gasteiger partial charge is 0.497 e. The summed E-state index contributed by atoms with van der Waals surface area (Å²) >= 11 is 0. The molecule has 7 heteroatoms. The molecule has 0 bridgehead atoms. The number of nitrogens with zero attached hydrogens (tertiary/aromatic N) is 3. The van der Waals surface area contributed by atoms with E-state index < -0.39 is 0 Å². The van der Waals surface area contributed by atoms with Gasteiger partial charge in [-0.3, -0.25) is 9.89 Å². The maximum atomic E-state index is 5.52. The predicted octanol–water partition coefficient (Wildman–Crippen LogP) is 3.20. The van der Waals surface area contributed by atoms with E-state index in [1.165, 1.54) is 12.8 Å². The molecular formula is C20H35IN4O2. The van der Waals surface area contributed by atoms with Crippen LogP contribution in [0.5, 0.6) is 11.5 Å². The van der Waals surface area contributed by atoms with Crippen molar-refractivity contribution in [1.82, 2.24) is 15.1 Å². The van der Waals surface area contributed by atoms with Gasteiger partial charge < -0.3 is 19.7 Å². The molecule has 1 aromatic rings. The molecule has 0 saturated heterocycles. The molecule has 0 atom stereocenters.